The van der Waals surface area contributed by atoms with Gasteiger partial charge in [0.15, 0.2) is 0 Å². The van der Waals surface area contributed by atoms with Gasteiger partial charge in [-0.1, -0.05) is 30.9 Å². The van der Waals surface area contributed by atoms with E-state index in [0.29, 0.717) is 0 Å². The van der Waals surface area contributed by atoms with Gasteiger partial charge in [0.05, 0.1) is 12.1 Å². The lowest BCUT2D eigenvalue weighted by molar-refractivity contribution is 0.0896. The zero-order chi connectivity index (χ0) is 14.2. The van der Waals surface area contributed by atoms with Crippen molar-refractivity contribution in [1.29, 1.82) is 0 Å². The highest BCUT2D eigenvalue weighted by Gasteiger charge is 2.30. The molecule has 1 atom stereocenters. The van der Waals surface area contributed by atoms with Crippen LogP contribution in [0, 0.1) is 0 Å². The summed E-state index contributed by atoms with van der Waals surface area (Å²) in [5.41, 5.74) is 0.746. The molecule has 0 spiro atoms. The van der Waals surface area contributed by atoms with Crippen LogP contribution in [0.1, 0.15) is 13.8 Å². The number of likely N-dealkylation sites (N-methyl/N-ethyl adjacent to an activating group) is 2. The molecule has 0 aromatic carbocycles. The highest BCUT2D eigenvalue weighted by molar-refractivity contribution is 5.31. The van der Waals surface area contributed by atoms with Crippen LogP contribution in [0.5, 0.6) is 0 Å². The minimum absolute atomic E-state index is 0.0953. The standard InChI is InChI=1S/C15H28N2O/c1-7-9-10-14(8-2)15(3,13-18)17(6)12-11-16(4)5/h7-10,18H,1,11-13H2,2-6H3/b10-9-,14-8+. The maximum absolute atomic E-state index is 9.77. The Morgan fingerprint density at radius 3 is 2.28 bits per heavy atom. The van der Waals surface area contributed by atoms with Crippen LogP contribution in [0.3, 0.4) is 0 Å². The first-order valence-electron chi connectivity index (χ1n) is 6.35. The molecule has 104 valence electrons. The molecule has 0 saturated carbocycles. The topological polar surface area (TPSA) is 26.7 Å². The predicted octanol–water partition coefficient (Wildman–Crippen LogP) is 1.92. The second-order valence-electron chi connectivity index (χ2n) is 5.00. The van der Waals surface area contributed by atoms with Crippen LogP contribution in [0.4, 0.5) is 0 Å². The number of aliphatic hydroxyl groups is 1. The highest BCUT2D eigenvalue weighted by atomic mass is 16.3. The minimum Gasteiger partial charge on any atom is -0.394 e. The van der Waals surface area contributed by atoms with Crippen LogP contribution in [0.25, 0.3) is 0 Å². The molecule has 0 saturated heterocycles. The van der Waals surface area contributed by atoms with Crippen molar-refractivity contribution in [3.8, 4) is 0 Å². The number of rotatable bonds is 8. The third-order valence-electron chi connectivity index (χ3n) is 3.38. The lowest BCUT2D eigenvalue weighted by atomic mass is 9.90. The summed E-state index contributed by atoms with van der Waals surface area (Å²) in [6, 6.07) is 0. The smallest absolute Gasteiger partial charge is 0.0660 e. The molecule has 18 heavy (non-hydrogen) atoms. The van der Waals surface area contributed by atoms with Gasteiger partial charge in [-0.15, -0.1) is 0 Å². The normalized spacial score (nSPS) is 16.6. The average molecular weight is 252 g/mol. The molecule has 0 aliphatic carbocycles. The molecule has 0 bridgehead atoms. The van der Waals surface area contributed by atoms with E-state index in [4.69, 9.17) is 0 Å². The molecular formula is C15H28N2O. The largest absolute Gasteiger partial charge is 0.394 e. The molecule has 0 amide bonds. The van der Waals surface area contributed by atoms with E-state index in [1.807, 2.05) is 32.2 Å². The van der Waals surface area contributed by atoms with Gasteiger partial charge in [-0.3, -0.25) is 4.90 Å². The van der Waals surface area contributed by atoms with E-state index in [1.54, 1.807) is 6.08 Å². The van der Waals surface area contributed by atoms with E-state index in [9.17, 15) is 5.11 Å². The zero-order valence-electron chi connectivity index (χ0n) is 12.5. The fourth-order valence-electron chi connectivity index (χ4n) is 1.79. The first-order chi connectivity index (χ1) is 8.42. The number of allylic oxidation sites excluding steroid dienone is 3. The Morgan fingerprint density at radius 1 is 1.28 bits per heavy atom. The maximum Gasteiger partial charge on any atom is 0.0660 e. The summed E-state index contributed by atoms with van der Waals surface area (Å²) in [4.78, 5) is 4.33. The van der Waals surface area contributed by atoms with E-state index >= 15 is 0 Å². The monoisotopic (exact) mass is 252 g/mol. The molecule has 0 heterocycles. The van der Waals surface area contributed by atoms with Gasteiger partial charge in [0.25, 0.3) is 0 Å². The highest BCUT2D eigenvalue weighted by Crippen LogP contribution is 2.24. The van der Waals surface area contributed by atoms with E-state index in [2.05, 4.69) is 37.4 Å². The molecule has 0 aromatic rings. The molecule has 0 radical (unpaired) electrons. The Bertz CT molecular complexity index is 308. The second kappa shape index (κ2) is 8.25. The molecule has 3 nitrogen and oxygen atoms in total. The van der Waals surface area contributed by atoms with Crippen molar-refractivity contribution in [3.63, 3.8) is 0 Å². The molecule has 3 heteroatoms. The maximum atomic E-state index is 9.77. The van der Waals surface area contributed by atoms with Crippen molar-refractivity contribution in [2.75, 3.05) is 40.8 Å². The summed E-state index contributed by atoms with van der Waals surface area (Å²) in [6.07, 6.45) is 7.71. The van der Waals surface area contributed by atoms with Gasteiger partial charge < -0.3 is 10.0 Å². The Morgan fingerprint density at radius 2 is 1.89 bits per heavy atom. The van der Waals surface area contributed by atoms with E-state index in [0.717, 1.165) is 18.7 Å². The van der Waals surface area contributed by atoms with Crippen molar-refractivity contribution < 1.29 is 5.11 Å². The Hall–Kier alpha value is -0.900. The quantitative estimate of drug-likeness (QED) is 0.669. The van der Waals surface area contributed by atoms with Gasteiger partial charge in [0.2, 0.25) is 0 Å². The molecule has 0 fully saturated rings. The van der Waals surface area contributed by atoms with Gasteiger partial charge in [-0.05, 0) is 40.6 Å². The third-order valence-corrected chi connectivity index (χ3v) is 3.38. The summed E-state index contributed by atoms with van der Waals surface area (Å²) in [7, 11) is 6.15. The molecule has 0 aliphatic rings. The Kier molecular flexibility index (Phi) is 7.83. The van der Waals surface area contributed by atoms with Crippen molar-refractivity contribution in [2.24, 2.45) is 0 Å². The van der Waals surface area contributed by atoms with Crippen LogP contribution in [-0.2, 0) is 0 Å². The minimum atomic E-state index is -0.357. The Balaban J connectivity index is 4.95. The van der Waals surface area contributed by atoms with Gasteiger partial charge >= 0.3 is 0 Å². The van der Waals surface area contributed by atoms with Gasteiger partial charge in [0, 0.05) is 13.1 Å². The summed E-state index contributed by atoms with van der Waals surface area (Å²) >= 11 is 0. The van der Waals surface area contributed by atoms with Crippen LogP contribution in [0.2, 0.25) is 0 Å². The SMILES string of the molecule is C=C/C=C\C(=C/C)C(C)(CO)N(C)CCN(C)C. The second-order valence-corrected chi connectivity index (χ2v) is 5.00. The predicted molar refractivity (Wildman–Crippen MR) is 79.8 cm³/mol. The zero-order valence-corrected chi connectivity index (χ0v) is 12.5. The van der Waals surface area contributed by atoms with Gasteiger partial charge in [-0.25, -0.2) is 0 Å². The van der Waals surface area contributed by atoms with E-state index in [-0.39, 0.29) is 12.1 Å². The Labute approximate surface area is 112 Å². The summed E-state index contributed by atoms with van der Waals surface area (Å²) in [5, 5.41) is 9.77. The fourth-order valence-corrected chi connectivity index (χ4v) is 1.79. The van der Waals surface area contributed by atoms with Crippen LogP contribution in [-0.4, -0.2) is 61.3 Å². The lowest BCUT2D eigenvalue weighted by Crippen LogP contribution is -2.50. The first-order valence-corrected chi connectivity index (χ1v) is 6.35. The van der Waals surface area contributed by atoms with Crippen molar-refractivity contribution in [3.05, 3.63) is 36.5 Å². The molecular weight excluding hydrogens is 224 g/mol. The van der Waals surface area contributed by atoms with Crippen LogP contribution >= 0.6 is 0 Å². The number of aliphatic hydroxyl groups excluding tert-OH is 1. The molecule has 0 aromatic heterocycles. The number of nitrogens with zero attached hydrogens (tertiary/aromatic N) is 2. The van der Waals surface area contributed by atoms with Crippen molar-refractivity contribution in [2.45, 2.75) is 19.4 Å². The van der Waals surface area contributed by atoms with Crippen molar-refractivity contribution >= 4 is 0 Å². The number of hydrogen-bond acceptors (Lipinski definition) is 3. The summed E-state index contributed by atoms with van der Waals surface area (Å²) < 4.78 is 0. The molecule has 1 unspecified atom stereocenters. The van der Waals surface area contributed by atoms with E-state index < -0.39 is 0 Å². The average Bonchev–Trinajstić information content (AvgIpc) is 2.36. The molecule has 0 aliphatic heterocycles. The van der Waals surface area contributed by atoms with E-state index in [1.165, 1.54) is 0 Å². The molecule has 0 rings (SSSR count). The van der Waals surface area contributed by atoms with Crippen molar-refractivity contribution in [1.82, 2.24) is 9.80 Å². The third kappa shape index (κ3) is 4.77. The fraction of sp³-hybridized carbons (Fsp3) is 0.600. The van der Waals surface area contributed by atoms with Gasteiger partial charge in [-0.2, -0.15) is 0 Å². The molecule has 1 N–H and O–H groups in total. The first kappa shape index (κ1) is 17.1. The summed E-state index contributed by atoms with van der Waals surface area (Å²) in [6.45, 7) is 9.71. The number of hydrogen-bond donors (Lipinski definition) is 1. The van der Waals surface area contributed by atoms with Crippen LogP contribution < -0.4 is 0 Å². The van der Waals surface area contributed by atoms with Gasteiger partial charge in [0.1, 0.15) is 0 Å². The summed E-state index contributed by atoms with van der Waals surface area (Å²) in [5.74, 6) is 0. The van der Waals surface area contributed by atoms with Crippen LogP contribution in [0.15, 0.2) is 36.5 Å². The lowest BCUT2D eigenvalue weighted by Gasteiger charge is -2.39.